The third kappa shape index (κ3) is 4.67. The van der Waals surface area contributed by atoms with E-state index in [1.54, 1.807) is 11.6 Å². The van der Waals surface area contributed by atoms with E-state index in [1.807, 2.05) is 48.5 Å². The molecular weight excluding hydrogens is 390 g/mol. The number of carbonyl (C=O) groups is 1. The van der Waals surface area contributed by atoms with Crippen LogP contribution < -0.4 is 15.6 Å². The smallest absolute Gasteiger partial charge is 0.276 e. The van der Waals surface area contributed by atoms with E-state index < -0.39 is 5.91 Å². The highest BCUT2D eigenvalue weighted by Crippen LogP contribution is 2.21. The summed E-state index contributed by atoms with van der Waals surface area (Å²) in [5, 5.41) is 7.24. The lowest BCUT2D eigenvalue weighted by atomic mass is 10.1. The molecule has 0 spiro atoms. The number of aromatic nitrogens is 2. The van der Waals surface area contributed by atoms with E-state index in [9.17, 15) is 9.59 Å². The summed E-state index contributed by atoms with van der Waals surface area (Å²) in [6.45, 7) is 6.04. The van der Waals surface area contributed by atoms with Crippen LogP contribution in [-0.2, 0) is 6.54 Å². The van der Waals surface area contributed by atoms with Gasteiger partial charge in [0.1, 0.15) is 0 Å². The summed E-state index contributed by atoms with van der Waals surface area (Å²) in [5.41, 5.74) is 3.13. The van der Waals surface area contributed by atoms with E-state index in [0.29, 0.717) is 12.2 Å². The summed E-state index contributed by atoms with van der Waals surface area (Å²) in [6, 6.07) is 19.0. The number of hydrogen-bond donors (Lipinski definition) is 1. The van der Waals surface area contributed by atoms with Gasteiger partial charge in [-0.15, -0.1) is 0 Å². The molecule has 0 atom stereocenters. The van der Waals surface area contributed by atoms with Gasteiger partial charge in [-0.05, 0) is 37.7 Å². The Morgan fingerprint density at radius 3 is 2.42 bits per heavy atom. The van der Waals surface area contributed by atoms with Crippen LogP contribution >= 0.6 is 0 Å². The molecule has 2 aromatic carbocycles. The number of para-hydroxylation sites is 2. The SMILES string of the molecule is Cc1cc(=O)c(C(=O)NCc2ccccc2N2CCN(C)CC2)nn1-c1ccccc1. The quantitative estimate of drug-likeness (QED) is 0.689. The maximum atomic E-state index is 12.9. The number of nitrogens with zero attached hydrogens (tertiary/aromatic N) is 4. The van der Waals surface area contributed by atoms with E-state index in [4.69, 9.17) is 0 Å². The first-order valence-corrected chi connectivity index (χ1v) is 10.5. The average Bonchev–Trinajstić information content (AvgIpc) is 2.79. The summed E-state index contributed by atoms with van der Waals surface area (Å²) in [4.78, 5) is 30.0. The number of carbonyl (C=O) groups excluding carboxylic acids is 1. The van der Waals surface area contributed by atoms with Crippen molar-refractivity contribution in [2.24, 2.45) is 0 Å². The summed E-state index contributed by atoms with van der Waals surface area (Å²) in [6.07, 6.45) is 0. The molecule has 1 aliphatic rings. The maximum Gasteiger partial charge on any atom is 0.276 e. The van der Waals surface area contributed by atoms with Crippen LogP contribution in [-0.4, -0.2) is 53.8 Å². The molecule has 1 aromatic heterocycles. The fourth-order valence-corrected chi connectivity index (χ4v) is 3.81. The normalized spacial score (nSPS) is 14.5. The van der Waals surface area contributed by atoms with Gasteiger partial charge in [0.25, 0.3) is 5.91 Å². The van der Waals surface area contributed by atoms with Gasteiger partial charge in [0.15, 0.2) is 5.69 Å². The second-order valence-electron chi connectivity index (χ2n) is 7.85. The van der Waals surface area contributed by atoms with Crippen molar-refractivity contribution in [3.8, 4) is 5.69 Å². The first kappa shape index (κ1) is 20.8. The van der Waals surface area contributed by atoms with Crippen LogP contribution in [0.1, 0.15) is 21.7 Å². The standard InChI is InChI=1S/C24H27N5O2/c1-18-16-22(30)23(26-29(18)20-9-4-3-5-10-20)24(31)25-17-19-8-6-7-11-21(19)28-14-12-27(2)13-15-28/h3-11,16H,12-15,17H2,1-2H3,(H,25,31). The minimum absolute atomic E-state index is 0.105. The summed E-state index contributed by atoms with van der Waals surface area (Å²) in [7, 11) is 2.13. The van der Waals surface area contributed by atoms with Crippen molar-refractivity contribution in [2.75, 3.05) is 38.1 Å². The first-order chi connectivity index (χ1) is 15.0. The molecule has 0 unspecified atom stereocenters. The molecule has 4 rings (SSSR count). The Labute approximate surface area is 181 Å². The van der Waals surface area contributed by atoms with Gasteiger partial charge in [-0.2, -0.15) is 5.10 Å². The Morgan fingerprint density at radius 2 is 1.68 bits per heavy atom. The zero-order chi connectivity index (χ0) is 21.8. The fraction of sp³-hybridized carbons (Fsp3) is 0.292. The Balaban J connectivity index is 1.53. The van der Waals surface area contributed by atoms with Gasteiger partial charge < -0.3 is 15.1 Å². The monoisotopic (exact) mass is 417 g/mol. The predicted octanol–water partition coefficient (Wildman–Crippen LogP) is 2.22. The van der Waals surface area contributed by atoms with Crippen molar-refractivity contribution in [1.29, 1.82) is 0 Å². The van der Waals surface area contributed by atoms with E-state index in [2.05, 4.69) is 33.3 Å². The van der Waals surface area contributed by atoms with Crippen LogP contribution in [0.25, 0.3) is 5.69 Å². The molecule has 3 aromatic rings. The van der Waals surface area contributed by atoms with E-state index in [1.165, 1.54) is 6.07 Å². The third-order valence-corrected chi connectivity index (χ3v) is 5.60. The topological polar surface area (TPSA) is 70.5 Å². The van der Waals surface area contributed by atoms with Gasteiger partial charge in [0.2, 0.25) is 5.43 Å². The Hall–Kier alpha value is -3.45. The fourth-order valence-electron chi connectivity index (χ4n) is 3.81. The maximum absolute atomic E-state index is 12.9. The minimum Gasteiger partial charge on any atom is -0.369 e. The Bertz CT molecular complexity index is 1120. The van der Waals surface area contributed by atoms with Gasteiger partial charge in [-0.1, -0.05) is 36.4 Å². The van der Waals surface area contributed by atoms with Crippen LogP contribution in [0.15, 0.2) is 65.5 Å². The lowest BCUT2D eigenvalue weighted by Gasteiger charge is -2.35. The van der Waals surface area contributed by atoms with Crippen molar-refractivity contribution in [3.63, 3.8) is 0 Å². The molecule has 1 amide bonds. The van der Waals surface area contributed by atoms with Gasteiger partial charge in [0.05, 0.1) is 5.69 Å². The number of nitrogens with one attached hydrogen (secondary N) is 1. The first-order valence-electron chi connectivity index (χ1n) is 10.5. The van der Waals surface area contributed by atoms with Crippen molar-refractivity contribution in [2.45, 2.75) is 13.5 Å². The van der Waals surface area contributed by atoms with Crippen LogP contribution in [0.4, 0.5) is 5.69 Å². The average molecular weight is 418 g/mol. The molecule has 2 heterocycles. The summed E-state index contributed by atoms with van der Waals surface area (Å²) < 4.78 is 1.62. The molecule has 31 heavy (non-hydrogen) atoms. The van der Waals surface area contributed by atoms with Gasteiger partial charge in [0, 0.05) is 50.2 Å². The number of hydrogen-bond acceptors (Lipinski definition) is 5. The van der Waals surface area contributed by atoms with E-state index >= 15 is 0 Å². The highest BCUT2D eigenvalue weighted by Gasteiger charge is 2.19. The van der Waals surface area contributed by atoms with Crippen LogP contribution in [0.2, 0.25) is 0 Å². The molecular formula is C24H27N5O2. The van der Waals surface area contributed by atoms with Gasteiger partial charge >= 0.3 is 0 Å². The minimum atomic E-state index is -0.470. The zero-order valence-electron chi connectivity index (χ0n) is 17.9. The number of piperazine rings is 1. The molecule has 7 nitrogen and oxygen atoms in total. The number of rotatable bonds is 5. The Kier molecular flexibility index (Phi) is 6.13. The highest BCUT2D eigenvalue weighted by molar-refractivity contribution is 5.92. The second kappa shape index (κ2) is 9.14. The largest absolute Gasteiger partial charge is 0.369 e. The molecule has 0 bridgehead atoms. The molecule has 1 saturated heterocycles. The highest BCUT2D eigenvalue weighted by atomic mass is 16.2. The molecule has 0 saturated carbocycles. The third-order valence-electron chi connectivity index (χ3n) is 5.60. The number of aryl methyl sites for hydroxylation is 1. The predicted molar refractivity (Wildman–Crippen MR) is 122 cm³/mol. The Morgan fingerprint density at radius 1 is 1.00 bits per heavy atom. The van der Waals surface area contributed by atoms with Crippen molar-refractivity contribution in [1.82, 2.24) is 20.0 Å². The van der Waals surface area contributed by atoms with Crippen LogP contribution in [0.3, 0.4) is 0 Å². The van der Waals surface area contributed by atoms with Gasteiger partial charge in [-0.3, -0.25) is 9.59 Å². The van der Waals surface area contributed by atoms with Crippen molar-refractivity contribution >= 4 is 11.6 Å². The molecule has 160 valence electrons. The summed E-state index contributed by atoms with van der Waals surface area (Å²) >= 11 is 0. The number of amides is 1. The lowest BCUT2D eigenvalue weighted by molar-refractivity contribution is 0.0943. The second-order valence-corrected chi connectivity index (χ2v) is 7.85. The molecule has 0 aliphatic carbocycles. The molecule has 0 radical (unpaired) electrons. The molecule has 1 aliphatic heterocycles. The van der Waals surface area contributed by atoms with Crippen molar-refractivity contribution < 1.29 is 4.79 Å². The van der Waals surface area contributed by atoms with E-state index in [-0.39, 0.29) is 11.1 Å². The molecule has 7 heteroatoms. The number of anilines is 1. The van der Waals surface area contributed by atoms with E-state index in [0.717, 1.165) is 43.1 Å². The van der Waals surface area contributed by atoms with Gasteiger partial charge in [-0.25, -0.2) is 4.68 Å². The number of likely N-dealkylation sites (N-methyl/N-ethyl adjacent to an activating group) is 1. The molecule has 1 N–H and O–H groups in total. The zero-order valence-corrected chi connectivity index (χ0v) is 17.9. The van der Waals surface area contributed by atoms with Crippen molar-refractivity contribution in [3.05, 3.63) is 87.8 Å². The molecule has 1 fully saturated rings. The number of benzene rings is 2. The summed E-state index contributed by atoms with van der Waals surface area (Å²) in [5.74, 6) is -0.470. The van der Waals surface area contributed by atoms with Crippen LogP contribution in [0.5, 0.6) is 0 Å². The lowest BCUT2D eigenvalue weighted by Crippen LogP contribution is -2.45. The van der Waals surface area contributed by atoms with Crippen LogP contribution in [0, 0.1) is 6.92 Å².